The molecular formula is C16H17N5OS. The molecule has 1 aliphatic carbocycles. The standard InChI is InChI=1S/C16H17N5OS/c1-2-21-15(12-5-6-12)19-20-16(21)23-10-14(22)18-13-7-3-11(9-17)4-8-13/h3-4,7-8,12H,2,5-6,10H2,1H3,(H,18,22). The van der Waals surface area contributed by atoms with Crippen LogP contribution in [-0.2, 0) is 11.3 Å². The van der Waals surface area contributed by atoms with E-state index in [2.05, 4.69) is 27.0 Å². The lowest BCUT2D eigenvalue weighted by Crippen LogP contribution is -2.14. The molecule has 0 radical (unpaired) electrons. The van der Waals surface area contributed by atoms with Crippen molar-refractivity contribution in [2.24, 2.45) is 0 Å². The highest BCUT2D eigenvalue weighted by atomic mass is 32.2. The molecule has 2 aromatic rings. The smallest absolute Gasteiger partial charge is 0.234 e. The molecule has 3 rings (SSSR count). The normalized spacial score (nSPS) is 13.6. The number of carbonyl (C=O) groups is 1. The van der Waals surface area contributed by atoms with E-state index in [1.807, 2.05) is 6.07 Å². The van der Waals surface area contributed by atoms with Gasteiger partial charge >= 0.3 is 0 Å². The summed E-state index contributed by atoms with van der Waals surface area (Å²) >= 11 is 1.40. The van der Waals surface area contributed by atoms with Crippen LogP contribution in [0.5, 0.6) is 0 Å². The Morgan fingerprint density at radius 1 is 1.39 bits per heavy atom. The van der Waals surface area contributed by atoms with Crippen molar-refractivity contribution in [3.63, 3.8) is 0 Å². The number of nitriles is 1. The second-order valence-electron chi connectivity index (χ2n) is 5.39. The number of nitrogens with zero attached hydrogens (tertiary/aromatic N) is 4. The van der Waals surface area contributed by atoms with E-state index in [1.165, 1.54) is 24.6 Å². The van der Waals surface area contributed by atoms with Crippen LogP contribution in [0.3, 0.4) is 0 Å². The van der Waals surface area contributed by atoms with Gasteiger partial charge in [-0.15, -0.1) is 10.2 Å². The summed E-state index contributed by atoms with van der Waals surface area (Å²) in [6, 6.07) is 8.85. The van der Waals surface area contributed by atoms with Crippen LogP contribution >= 0.6 is 11.8 Å². The first kappa shape index (κ1) is 15.6. The van der Waals surface area contributed by atoms with E-state index in [-0.39, 0.29) is 11.7 Å². The predicted molar refractivity (Wildman–Crippen MR) is 88.2 cm³/mol. The number of amides is 1. The molecule has 1 aromatic heterocycles. The molecule has 0 bridgehead atoms. The van der Waals surface area contributed by atoms with E-state index in [0.717, 1.165) is 17.5 Å². The minimum atomic E-state index is -0.0988. The van der Waals surface area contributed by atoms with Crippen molar-refractivity contribution in [1.29, 1.82) is 5.26 Å². The van der Waals surface area contributed by atoms with Gasteiger partial charge < -0.3 is 9.88 Å². The third kappa shape index (κ3) is 3.71. The highest BCUT2D eigenvalue weighted by molar-refractivity contribution is 7.99. The van der Waals surface area contributed by atoms with Crippen molar-refractivity contribution >= 4 is 23.4 Å². The van der Waals surface area contributed by atoms with Crippen LogP contribution < -0.4 is 5.32 Å². The SMILES string of the molecule is CCn1c(SCC(=O)Nc2ccc(C#N)cc2)nnc1C1CC1. The fourth-order valence-electron chi connectivity index (χ4n) is 2.30. The predicted octanol–water partition coefficient (Wildman–Crippen LogP) is 2.78. The van der Waals surface area contributed by atoms with Gasteiger partial charge in [0.1, 0.15) is 5.82 Å². The number of hydrogen-bond acceptors (Lipinski definition) is 5. The molecule has 0 atom stereocenters. The summed E-state index contributed by atoms with van der Waals surface area (Å²) in [5.74, 6) is 1.77. The highest BCUT2D eigenvalue weighted by Crippen LogP contribution is 2.39. The van der Waals surface area contributed by atoms with Crippen LogP contribution in [0.1, 0.15) is 37.1 Å². The van der Waals surface area contributed by atoms with Gasteiger partial charge in [0.05, 0.1) is 17.4 Å². The van der Waals surface area contributed by atoms with Crippen molar-refractivity contribution in [1.82, 2.24) is 14.8 Å². The van der Waals surface area contributed by atoms with Gasteiger partial charge in [0.15, 0.2) is 5.16 Å². The summed E-state index contributed by atoms with van der Waals surface area (Å²) in [6.07, 6.45) is 2.37. The van der Waals surface area contributed by atoms with Gasteiger partial charge in [0.25, 0.3) is 0 Å². The lowest BCUT2D eigenvalue weighted by atomic mass is 10.2. The Balaban J connectivity index is 1.57. The van der Waals surface area contributed by atoms with Gasteiger partial charge in [-0.25, -0.2) is 0 Å². The molecule has 23 heavy (non-hydrogen) atoms. The molecule has 1 N–H and O–H groups in total. The average molecular weight is 327 g/mol. The fourth-order valence-corrected chi connectivity index (χ4v) is 3.11. The molecule has 0 aliphatic heterocycles. The van der Waals surface area contributed by atoms with E-state index in [1.54, 1.807) is 24.3 Å². The maximum atomic E-state index is 12.0. The summed E-state index contributed by atoms with van der Waals surface area (Å²) < 4.78 is 2.09. The number of hydrogen-bond donors (Lipinski definition) is 1. The molecule has 1 amide bonds. The van der Waals surface area contributed by atoms with E-state index in [0.29, 0.717) is 17.2 Å². The Kier molecular flexibility index (Phi) is 4.63. The first-order valence-corrected chi connectivity index (χ1v) is 8.55. The Bertz CT molecular complexity index is 743. The largest absolute Gasteiger partial charge is 0.325 e. The van der Waals surface area contributed by atoms with Crippen LogP contribution in [0.2, 0.25) is 0 Å². The first-order chi connectivity index (χ1) is 11.2. The lowest BCUT2D eigenvalue weighted by Gasteiger charge is -2.07. The topological polar surface area (TPSA) is 83.6 Å². The van der Waals surface area contributed by atoms with Crippen LogP contribution in [0.15, 0.2) is 29.4 Å². The minimum absolute atomic E-state index is 0.0988. The second-order valence-corrected chi connectivity index (χ2v) is 6.33. The number of anilines is 1. The molecule has 1 aromatic carbocycles. The highest BCUT2D eigenvalue weighted by Gasteiger charge is 2.30. The molecule has 1 heterocycles. The number of aromatic nitrogens is 3. The molecule has 1 aliphatic rings. The number of nitrogens with one attached hydrogen (secondary N) is 1. The van der Waals surface area contributed by atoms with Crippen molar-refractivity contribution in [3.8, 4) is 6.07 Å². The van der Waals surface area contributed by atoms with Gasteiger partial charge in [0.2, 0.25) is 5.91 Å². The monoisotopic (exact) mass is 327 g/mol. The zero-order chi connectivity index (χ0) is 16.2. The van der Waals surface area contributed by atoms with Crippen molar-refractivity contribution in [3.05, 3.63) is 35.7 Å². The molecule has 0 saturated heterocycles. The number of carbonyl (C=O) groups excluding carboxylic acids is 1. The van der Waals surface area contributed by atoms with Gasteiger partial charge in [-0.1, -0.05) is 11.8 Å². The molecular weight excluding hydrogens is 310 g/mol. The zero-order valence-corrected chi connectivity index (χ0v) is 13.6. The average Bonchev–Trinajstić information content (AvgIpc) is 3.33. The van der Waals surface area contributed by atoms with Crippen LogP contribution in [0, 0.1) is 11.3 Å². The number of thioether (sulfide) groups is 1. The summed E-state index contributed by atoms with van der Waals surface area (Å²) in [7, 11) is 0. The van der Waals surface area contributed by atoms with E-state index in [9.17, 15) is 4.79 Å². The molecule has 0 spiro atoms. The summed E-state index contributed by atoms with van der Waals surface area (Å²) in [6.45, 7) is 2.88. The van der Waals surface area contributed by atoms with Gasteiger partial charge in [0, 0.05) is 18.2 Å². The van der Waals surface area contributed by atoms with Crippen molar-refractivity contribution in [2.45, 2.75) is 37.4 Å². The lowest BCUT2D eigenvalue weighted by molar-refractivity contribution is -0.113. The quantitative estimate of drug-likeness (QED) is 0.825. The Hall–Kier alpha value is -2.33. The van der Waals surface area contributed by atoms with Crippen LogP contribution in [0.4, 0.5) is 5.69 Å². The van der Waals surface area contributed by atoms with Crippen molar-refractivity contribution in [2.75, 3.05) is 11.1 Å². The second kappa shape index (κ2) is 6.84. The van der Waals surface area contributed by atoms with E-state index < -0.39 is 0 Å². The fraction of sp³-hybridized carbons (Fsp3) is 0.375. The summed E-state index contributed by atoms with van der Waals surface area (Å²) in [4.78, 5) is 12.0. The van der Waals surface area contributed by atoms with E-state index in [4.69, 9.17) is 5.26 Å². The van der Waals surface area contributed by atoms with E-state index >= 15 is 0 Å². The molecule has 1 saturated carbocycles. The Morgan fingerprint density at radius 3 is 2.74 bits per heavy atom. The first-order valence-electron chi connectivity index (χ1n) is 7.57. The van der Waals surface area contributed by atoms with Gasteiger partial charge in [-0.3, -0.25) is 4.79 Å². The van der Waals surface area contributed by atoms with Gasteiger partial charge in [-0.05, 0) is 44.0 Å². The van der Waals surface area contributed by atoms with Crippen LogP contribution in [-0.4, -0.2) is 26.4 Å². The van der Waals surface area contributed by atoms with Gasteiger partial charge in [-0.2, -0.15) is 5.26 Å². The third-order valence-corrected chi connectivity index (χ3v) is 4.60. The summed E-state index contributed by atoms with van der Waals surface area (Å²) in [5, 5.41) is 20.8. The molecule has 1 fully saturated rings. The molecule has 118 valence electrons. The van der Waals surface area contributed by atoms with Crippen LogP contribution in [0.25, 0.3) is 0 Å². The third-order valence-electron chi connectivity index (χ3n) is 3.63. The van der Waals surface area contributed by atoms with Crippen molar-refractivity contribution < 1.29 is 4.79 Å². The number of rotatable bonds is 6. The zero-order valence-electron chi connectivity index (χ0n) is 12.8. The molecule has 7 heteroatoms. The summed E-state index contributed by atoms with van der Waals surface area (Å²) in [5.41, 5.74) is 1.26. The maximum Gasteiger partial charge on any atom is 0.234 e. The molecule has 0 unspecified atom stereocenters. The molecule has 6 nitrogen and oxygen atoms in total. The maximum absolute atomic E-state index is 12.0. The Morgan fingerprint density at radius 2 is 2.13 bits per heavy atom. The number of benzene rings is 1. The minimum Gasteiger partial charge on any atom is -0.325 e. The Labute approximate surface area is 138 Å².